The third-order valence-corrected chi connectivity index (χ3v) is 4.62. The summed E-state index contributed by atoms with van der Waals surface area (Å²) in [5, 5.41) is 6.06. The van der Waals surface area contributed by atoms with E-state index in [0.717, 1.165) is 29.1 Å². The first-order chi connectivity index (χ1) is 12.6. The number of piperidine rings is 1. The van der Waals surface area contributed by atoms with E-state index in [-0.39, 0.29) is 5.91 Å². The Balaban J connectivity index is 1.51. The molecule has 7 nitrogen and oxygen atoms in total. The van der Waals surface area contributed by atoms with Crippen molar-refractivity contribution in [1.29, 1.82) is 0 Å². The van der Waals surface area contributed by atoms with E-state index >= 15 is 0 Å². The topological polar surface area (TPSA) is 83.0 Å². The highest BCUT2D eigenvalue weighted by Gasteiger charge is 2.14. The van der Waals surface area contributed by atoms with Crippen LogP contribution in [0.1, 0.15) is 35.3 Å². The lowest BCUT2D eigenvalue weighted by Gasteiger charge is -2.28. The molecule has 1 aliphatic rings. The first-order valence-electron chi connectivity index (χ1n) is 8.85. The molecule has 2 aromatic rings. The molecule has 2 N–H and O–H groups in total. The Labute approximate surface area is 161 Å². The Morgan fingerprint density at radius 1 is 1.15 bits per heavy atom. The molecule has 1 amide bonds. The van der Waals surface area contributed by atoms with Crippen molar-refractivity contribution in [2.24, 2.45) is 0 Å². The van der Waals surface area contributed by atoms with Gasteiger partial charge in [-0.15, -0.1) is 0 Å². The minimum Gasteiger partial charge on any atom is -0.356 e. The lowest BCUT2D eigenvalue weighted by Crippen LogP contribution is -2.31. The molecule has 0 aliphatic carbocycles. The molecule has 0 unspecified atom stereocenters. The van der Waals surface area contributed by atoms with Gasteiger partial charge < -0.3 is 15.5 Å². The molecule has 1 aliphatic heterocycles. The SMILES string of the molecule is Cc1cc(N2CCCCC2)nc(NCCNC(=O)c2cncc(Br)c2)n1. The molecule has 138 valence electrons. The number of pyridine rings is 1. The van der Waals surface area contributed by atoms with Crippen molar-refractivity contribution in [2.75, 3.05) is 36.4 Å². The molecular weight excluding hydrogens is 396 g/mol. The molecule has 0 saturated carbocycles. The summed E-state index contributed by atoms with van der Waals surface area (Å²) in [5.41, 5.74) is 1.46. The van der Waals surface area contributed by atoms with E-state index in [2.05, 4.69) is 46.4 Å². The number of nitrogens with zero attached hydrogens (tertiary/aromatic N) is 4. The van der Waals surface area contributed by atoms with Gasteiger partial charge >= 0.3 is 0 Å². The second kappa shape index (κ2) is 8.93. The number of hydrogen-bond donors (Lipinski definition) is 2. The molecule has 1 fully saturated rings. The molecule has 2 aromatic heterocycles. The number of aryl methyl sites for hydroxylation is 1. The van der Waals surface area contributed by atoms with Crippen molar-refractivity contribution >= 4 is 33.6 Å². The van der Waals surface area contributed by atoms with E-state index in [1.807, 2.05) is 13.0 Å². The Bertz CT molecular complexity index is 763. The zero-order valence-electron chi connectivity index (χ0n) is 14.8. The van der Waals surface area contributed by atoms with Crippen LogP contribution in [0, 0.1) is 6.92 Å². The second-order valence-corrected chi connectivity index (χ2v) is 7.23. The fourth-order valence-electron chi connectivity index (χ4n) is 2.90. The summed E-state index contributed by atoms with van der Waals surface area (Å²) in [5.74, 6) is 1.42. The van der Waals surface area contributed by atoms with E-state index in [9.17, 15) is 4.79 Å². The van der Waals surface area contributed by atoms with Crippen LogP contribution in [0.2, 0.25) is 0 Å². The third-order valence-electron chi connectivity index (χ3n) is 4.18. The first-order valence-corrected chi connectivity index (χ1v) is 9.64. The summed E-state index contributed by atoms with van der Waals surface area (Å²) < 4.78 is 0.779. The Morgan fingerprint density at radius 2 is 1.96 bits per heavy atom. The van der Waals surface area contributed by atoms with Gasteiger partial charge in [0.05, 0.1) is 5.56 Å². The molecule has 3 rings (SSSR count). The second-order valence-electron chi connectivity index (χ2n) is 6.31. The molecule has 0 aromatic carbocycles. The minimum atomic E-state index is -0.153. The van der Waals surface area contributed by atoms with Crippen LogP contribution in [0.15, 0.2) is 29.0 Å². The van der Waals surface area contributed by atoms with Gasteiger partial charge in [0.15, 0.2) is 0 Å². The number of anilines is 2. The molecule has 26 heavy (non-hydrogen) atoms. The lowest BCUT2D eigenvalue weighted by molar-refractivity contribution is 0.0954. The van der Waals surface area contributed by atoms with E-state index in [1.54, 1.807) is 18.5 Å². The van der Waals surface area contributed by atoms with Crippen molar-refractivity contribution in [3.8, 4) is 0 Å². The summed E-state index contributed by atoms with van der Waals surface area (Å²) in [4.78, 5) is 27.4. The van der Waals surface area contributed by atoms with Crippen molar-refractivity contribution in [2.45, 2.75) is 26.2 Å². The van der Waals surface area contributed by atoms with Gasteiger partial charge in [0.25, 0.3) is 5.91 Å². The van der Waals surface area contributed by atoms with Gasteiger partial charge in [0, 0.05) is 54.8 Å². The summed E-state index contributed by atoms with van der Waals surface area (Å²) in [6, 6.07) is 3.77. The van der Waals surface area contributed by atoms with E-state index in [4.69, 9.17) is 0 Å². The zero-order chi connectivity index (χ0) is 18.4. The van der Waals surface area contributed by atoms with Crippen molar-refractivity contribution < 1.29 is 4.79 Å². The van der Waals surface area contributed by atoms with Crippen LogP contribution in [0.4, 0.5) is 11.8 Å². The van der Waals surface area contributed by atoms with E-state index < -0.39 is 0 Å². The fourth-order valence-corrected chi connectivity index (χ4v) is 3.27. The van der Waals surface area contributed by atoms with Crippen LogP contribution in [0.25, 0.3) is 0 Å². The van der Waals surface area contributed by atoms with Gasteiger partial charge in [-0.1, -0.05) is 0 Å². The molecule has 0 spiro atoms. The number of halogens is 1. The van der Waals surface area contributed by atoms with Crippen LogP contribution in [0.3, 0.4) is 0 Å². The largest absolute Gasteiger partial charge is 0.356 e. The van der Waals surface area contributed by atoms with Gasteiger partial charge in [-0.25, -0.2) is 4.98 Å². The minimum absolute atomic E-state index is 0.153. The van der Waals surface area contributed by atoms with Crippen molar-refractivity contribution in [3.05, 3.63) is 40.3 Å². The average Bonchev–Trinajstić information content (AvgIpc) is 2.65. The smallest absolute Gasteiger partial charge is 0.252 e. The summed E-state index contributed by atoms with van der Waals surface area (Å²) in [7, 11) is 0. The third kappa shape index (κ3) is 5.14. The first kappa shape index (κ1) is 18.6. The van der Waals surface area contributed by atoms with Crippen LogP contribution in [-0.4, -0.2) is 47.0 Å². The van der Waals surface area contributed by atoms with E-state index in [1.165, 1.54) is 19.3 Å². The standard InChI is InChI=1S/C18H23BrN6O/c1-13-9-16(25-7-3-2-4-8-25)24-18(23-13)22-6-5-21-17(26)14-10-15(19)12-20-11-14/h9-12H,2-8H2,1H3,(H,21,26)(H,22,23,24). The number of nitrogens with one attached hydrogen (secondary N) is 2. The maximum absolute atomic E-state index is 12.1. The van der Waals surface area contributed by atoms with Gasteiger partial charge in [-0.3, -0.25) is 9.78 Å². The van der Waals surface area contributed by atoms with Crippen molar-refractivity contribution in [3.63, 3.8) is 0 Å². The molecular formula is C18H23BrN6O. The Kier molecular flexibility index (Phi) is 6.38. The summed E-state index contributed by atoms with van der Waals surface area (Å²) in [6.45, 7) is 5.10. The molecule has 0 bridgehead atoms. The van der Waals surface area contributed by atoms with Crippen LogP contribution >= 0.6 is 15.9 Å². The molecule has 8 heteroatoms. The Morgan fingerprint density at radius 3 is 2.73 bits per heavy atom. The van der Waals surface area contributed by atoms with Crippen LogP contribution < -0.4 is 15.5 Å². The van der Waals surface area contributed by atoms with Gasteiger partial charge in [0.2, 0.25) is 5.95 Å². The predicted molar refractivity (Wildman–Crippen MR) is 106 cm³/mol. The maximum atomic E-state index is 12.1. The van der Waals surface area contributed by atoms with Gasteiger partial charge in [0.1, 0.15) is 5.82 Å². The highest BCUT2D eigenvalue weighted by atomic mass is 79.9. The molecule has 0 atom stereocenters. The number of carbonyl (C=O) groups excluding carboxylic acids is 1. The summed E-state index contributed by atoms with van der Waals surface area (Å²) in [6.07, 6.45) is 6.90. The number of carbonyl (C=O) groups is 1. The fraction of sp³-hybridized carbons (Fsp3) is 0.444. The van der Waals surface area contributed by atoms with Gasteiger partial charge in [-0.05, 0) is 48.2 Å². The predicted octanol–water partition coefficient (Wildman–Crippen LogP) is 2.77. The number of aromatic nitrogens is 3. The van der Waals surface area contributed by atoms with Crippen LogP contribution in [-0.2, 0) is 0 Å². The zero-order valence-corrected chi connectivity index (χ0v) is 16.4. The van der Waals surface area contributed by atoms with E-state index in [0.29, 0.717) is 24.6 Å². The summed E-state index contributed by atoms with van der Waals surface area (Å²) >= 11 is 3.31. The normalized spacial score (nSPS) is 14.2. The van der Waals surface area contributed by atoms with Crippen molar-refractivity contribution in [1.82, 2.24) is 20.3 Å². The number of amides is 1. The highest BCUT2D eigenvalue weighted by Crippen LogP contribution is 2.19. The maximum Gasteiger partial charge on any atom is 0.252 e. The molecule has 3 heterocycles. The number of hydrogen-bond acceptors (Lipinski definition) is 6. The lowest BCUT2D eigenvalue weighted by atomic mass is 10.1. The average molecular weight is 419 g/mol. The van der Waals surface area contributed by atoms with Crippen LogP contribution in [0.5, 0.6) is 0 Å². The quantitative estimate of drug-likeness (QED) is 0.701. The number of rotatable bonds is 6. The molecule has 1 saturated heterocycles. The molecule has 0 radical (unpaired) electrons. The Hall–Kier alpha value is -2.22. The highest BCUT2D eigenvalue weighted by molar-refractivity contribution is 9.10. The monoisotopic (exact) mass is 418 g/mol. The van der Waals surface area contributed by atoms with Gasteiger partial charge in [-0.2, -0.15) is 4.98 Å².